The van der Waals surface area contributed by atoms with Gasteiger partial charge in [0.1, 0.15) is 5.75 Å². The molecule has 24 heavy (non-hydrogen) atoms. The predicted molar refractivity (Wildman–Crippen MR) is 95.0 cm³/mol. The summed E-state index contributed by atoms with van der Waals surface area (Å²) in [6.45, 7) is 7.82. The Bertz CT molecular complexity index is 674. The van der Waals surface area contributed by atoms with E-state index >= 15 is 0 Å². The summed E-state index contributed by atoms with van der Waals surface area (Å²) < 4.78 is 0. The monoisotopic (exact) mass is 327 g/mol. The van der Waals surface area contributed by atoms with E-state index in [-0.39, 0.29) is 22.8 Å². The molecule has 1 aromatic carbocycles. The Balaban J connectivity index is 1.76. The number of rotatable bonds is 1. The van der Waals surface area contributed by atoms with E-state index in [4.69, 9.17) is 0 Å². The number of fused-ring (bicyclic) bond motifs is 4. The van der Waals surface area contributed by atoms with Crippen molar-refractivity contribution in [3.8, 4) is 5.75 Å². The van der Waals surface area contributed by atoms with Gasteiger partial charge in [0.25, 0.3) is 0 Å². The van der Waals surface area contributed by atoms with Crippen molar-refractivity contribution in [1.29, 1.82) is 0 Å². The Labute approximate surface area is 145 Å². The molecular formula is C21H29NO2. The molecule has 3 nitrogen and oxygen atoms in total. The second-order valence-corrected chi connectivity index (χ2v) is 8.84. The maximum atomic E-state index is 13.2. The maximum Gasteiger partial charge on any atom is 0.225 e. The number of amides is 1. The van der Waals surface area contributed by atoms with Crippen LogP contribution in [0.15, 0.2) is 18.2 Å². The van der Waals surface area contributed by atoms with Crippen molar-refractivity contribution < 1.29 is 9.90 Å². The van der Waals surface area contributed by atoms with Crippen LogP contribution < -0.4 is 0 Å². The van der Waals surface area contributed by atoms with Gasteiger partial charge in [-0.3, -0.25) is 4.79 Å². The minimum absolute atomic E-state index is 0.0104. The van der Waals surface area contributed by atoms with E-state index in [9.17, 15) is 9.90 Å². The van der Waals surface area contributed by atoms with Gasteiger partial charge < -0.3 is 10.0 Å². The van der Waals surface area contributed by atoms with Gasteiger partial charge >= 0.3 is 0 Å². The lowest BCUT2D eigenvalue weighted by molar-refractivity contribution is -0.148. The van der Waals surface area contributed by atoms with Gasteiger partial charge in [-0.1, -0.05) is 45.7 Å². The number of hydrogen-bond acceptors (Lipinski definition) is 2. The lowest BCUT2D eigenvalue weighted by Gasteiger charge is -2.61. The quantitative estimate of drug-likeness (QED) is 0.846. The van der Waals surface area contributed by atoms with E-state index in [2.05, 4.69) is 31.7 Å². The number of likely N-dealkylation sites (tertiary alicyclic amines) is 1. The van der Waals surface area contributed by atoms with Gasteiger partial charge in [0.05, 0.1) is 0 Å². The Morgan fingerprint density at radius 1 is 1.21 bits per heavy atom. The first-order valence-electron chi connectivity index (χ1n) is 9.48. The van der Waals surface area contributed by atoms with Crippen molar-refractivity contribution in [3.63, 3.8) is 0 Å². The van der Waals surface area contributed by atoms with Crippen LogP contribution in [0.5, 0.6) is 5.75 Å². The molecule has 1 amide bonds. The molecule has 0 radical (unpaired) electrons. The molecule has 1 saturated carbocycles. The minimum Gasteiger partial charge on any atom is -0.508 e. The first-order valence-corrected chi connectivity index (χ1v) is 9.48. The number of carbonyl (C=O) groups is 1. The van der Waals surface area contributed by atoms with Crippen LogP contribution in [0.2, 0.25) is 0 Å². The number of nitrogens with zero attached hydrogens (tertiary/aromatic N) is 1. The molecule has 2 bridgehead atoms. The largest absolute Gasteiger partial charge is 0.508 e. The number of benzene rings is 1. The summed E-state index contributed by atoms with van der Waals surface area (Å²) >= 11 is 0. The number of aromatic hydroxyl groups is 1. The first-order chi connectivity index (χ1) is 11.4. The third-order valence-electron chi connectivity index (χ3n) is 7.61. The third-order valence-corrected chi connectivity index (χ3v) is 7.61. The van der Waals surface area contributed by atoms with Crippen LogP contribution in [0, 0.1) is 11.3 Å². The standard InChI is InChI=1S/C21H29NO2/c1-20(2)18-13-15-16(9-6-10-17(15)23)21(20,3)11-12-22(18)19(24)14-7-4-5-8-14/h6,9-10,14,18,23H,4-5,7-8,11-13H2,1-3H3/t18-,21+/m1/s1. The van der Waals surface area contributed by atoms with Crippen molar-refractivity contribution in [2.24, 2.45) is 11.3 Å². The van der Waals surface area contributed by atoms with Crippen molar-refractivity contribution >= 4 is 5.91 Å². The van der Waals surface area contributed by atoms with Crippen LogP contribution in [0.4, 0.5) is 0 Å². The molecule has 1 aliphatic heterocycles. The van der Waals surface area contributed by atoms with Gasteiger partial charge in [0, 0.05) is 23.9 Å². The molecule has 3 heteroatoms. The maximum absolute atomic E-state index is 13.2. The highest BCUT2D eigenvalue weighted by Gasteiger charge is 2.57. The average Bonchev–Trinajstić information content (AvgIpc) is 3.05. The fourth-order valence-corrected chi connectivity index (χ4v) is 5.60. The zero-order valence-electron chi connectivity index (χ0n) is 15.1. The molecule has 0 unspecified atom stereocenters. The summed E-state index contributed by atoms with van der Waals surface area (Å²) in [5.74, 6) is 0.997. The molecule has 1 heterocycles. The summed E-state index contributed by atoms with van der Waals surface area (Å²) in [4.78, 5) is 15.3. The number of hydrogen-bond donors (Lipinski definition) is 1. The fraction of sp³-hybridized carbons (Fsp3) is 0.667. The molecule has 2 atom stereocenters. The zero-order chi connectivity index (χ0) is 17.1. The number of carbonyl (C=O) groups excluding carboxylic acids is 1. The number of phenolic OH excluding ortho intramolecular Hbond substituents is 1. The molecule has 2 fully saturated rings. The van der Waals surface area contributed by atoms with Crippen molar-refractivity contribution in [3.05, 3.63) is 29.3 Å². The summed E-state index contributed by atoms with van der Waals surface area (Å²) in [7, 11) is 0. The number of piperidine rings is 1. The van der Waals surface area contributed by atoms with Crippen LogP contribution in [0.1, 0.15) is 64.0 Å². The van der Waals surface area contributed by atoms with Crippen molar-refractivity contribution in [2.75, 3.05) is 6.54 Å². The summed E-state index contributed by atoms with van der Waals surface area (Å²) in [5, 5.41) is 10.4. The van der Waals surface area contributed by atoms with Crippen LogP contribution in [-0.2, 0) is 16.6 Å². The summed E-state index contributed by atoms with van der Waals surface area (Å²) in [6.07, 6.45) is 6.26. The zero-order valence-corrected chi connectivity index (χ0v) is 15.1. The van der Waals surface area contributed by atoms with Gasteiger partial charge in [-0.2, -0.15) is 0 Å². The molecule has 4 rings (SSSR count). The molecule has 0 aromatic heterocycles. The molecule has 2 aliphatic carbocycles. The second kappa shape index (κ2) is 5.24. The predicted octanol–water partition coefficient (Wildman–Crippen LogP) is 4.02. The van der Waals surface area contributed by atoms with Gasteiger partial charge in [-0.25, -0.2) is 0 Å². The van der Waals surface area contributed by atoms with Crippen molar-refractivity contribution in [2.45, 2.75) is 70.8 Å². The van der Waals surface area contributed by atoms with Crippen LogP contribution in [-0.4, -0.2) is 28.5 Å². The molecule has 0 spiro atoms. The Morgan fingerprint density at radius 3 is 2.62 bits per heavy atom. The highest BCUT2D eigenvalue weighted by atomic mass is 16.3. The Kier molecular flexibility index (Phi) is 3.49. The van der Waals surface area contributed by atoms with E-state index in [1.807, 2.05) is 6.07 Å². The van der Waals surface area contributed by atoms with Gasteiger partial charge in [0.15, 0.2) is 0 Å². The van der Waals surface area contributed by atoms with Crippen LogP contribution >= 0.6 is 0 Å². The van der Waals surface area contributed by atoms with Crippen molar-refractivity contribution in [1.82, 2.24) is 4.90 Å². The molecular weight excluding hydrogens is 298 g/mol. The van der Waals surface area contributed by atoms with Gasteiger partial charge in [0.2, 0.25) is 5.91 Å². The smallest absolute Gasteiger partial charge is 0.225 e. The first kappa shape index (κ1) is 16.0. The van der Waals surface area contributed by atoms with E-state index < -0.39 is 0 Å². The lowest BCUT2D eigenvalue weighted by Crippen LogP contribution is -2.65. The molecule has 1 aromatic rings. The molecule has 130 valence electrons. The fourth-order valence-electron chi connectivity index (χ4n) is 5.60. The van der Waals surface area contributed by atoms with E-state index in [1.165, 1.54) is 18.4 Å². The molecule has 3 aliphatic rings. The average molecular weight is 327 g/mol. The minimum atomic E-state index is 0.0104. The SMILES string of the molecule is CC1(C)[C@H]2Cc3c(O)cccc3[C@]1(C)CCN2C(=O)C1CCCC1. The summed E-state index contributed by atoms with van der Waals surface area (Å²) in [5.41, 5.74) is 2.38. The van der Waals surface area contributed by atoms with E-state index in [1.54, 1.807) is 6.07 Å². The normalized spacial score (nSPS) is 31.8. The molecule has 1 N–H and O–H groups in total. The highest BCUT2D eigenvalue weighted by Crippen LogP contribution is 2.57. The molecule has 1 saturated heterocycles. The summed E-state index contributed by atoms with van der Waals surface area (Å²) in [6, 6.07) is 6.12. The Morgan fingerprint density at radius 2 is 1.92 bits per heavy atom. The lowest BCUT2D eigenvalue weighted by atomic mass is 9.51. The van der Waals surface area contributed by atoms with Gasteiger partial charge in [-0.15, -0.1) is 0 Å². The van der Waals surface area contributed by atoms with E-state index in [0.717, 1.165) is 37.8 Å². The van der Waals surface area contributed by atoms with Gasteiger partial charge in [-0.05, 0) is 48.3 Å². The Hall–Kier alpha value is -1.51. The second-order valence-electron chi connectivity index (χ2n) is 8.84. The highest BCUT2D eigenvalue weighted by molar-refractivity contribution is 5.80. The third kappa shape index (κ3) is 1.99. The number of phenols is 1. The van der Waals surface area contributed by atoms with Crippen LogP contribution in [0.25, 0.3) is 0 Å². The van der Waals surface area contributed by atoms with Crippen LogP contribution in [0.3, 0.4) is 0 Å². The topological polar surface area (TPSA) is 40.5 Å². The van der Waals surface area contributed by atoms with E-state index in [0.29, 0.717) is 11.7 Å².